The summed E-state index contributed by atoms with van der Waals surface area (Å²) < 4.78 is 42.1. The molecule has 0 aliphatic rings. The molecule has 0 heterocycles. The van der Waals surface area contributed by atoms with Crippen LogP contribution in [0.25, 0.3) is 0 Å². The van der Waals surface area contributed by atoms with Crippen molar-refractivity contribution in [3.8, 4) is 5.75 Å². The summed E-state index contributed by atoms with van der Waals surface area (Å²) >= 11 is 0. The van der Waals surface area contributed by atoms with Crippen LogP contribution >= 0.6 is 0 Å². The van der Waals surface area contributed by atoms with Gasteiger partial charge < -0.3 is 10.1 Å². The second kappa shape index (κ2) is 8.22. The zero-order chi connectivity index (χ0) is 20.1. The molecule has 0 aromatic heterocycles. The molecular weight excluding hydrogens is 381 g/mol. The van der Waals surface area contributed by atoms with Crippen LogP contribution in [0.2, 0.25) is 0 Å². The van der Waals surface area contributed by atoms with Crippen LogP contribution in [-0.2, 0) is 14.6 Å². The van der Waals surface area contributed by atoms with Gasteiger partial charge in [0.05, 0.1) is 4.90 Å². The molecule has 3 aromatic carbocycles. The van der Waals surface area contributed by atoms with Crippen molar-refractivity contribution in [1.82, 2.24) is 0 Å². The van der Waals surface area contributed by atoms with Crippen molar-refractivity contribution < 1.29 is 22.3 Å². The van der Waals surface area contributed by atoms with E-state index < -0.39 is 27.7 Å². The molecule has 1 unspecified atom stereocenters. The van der Waals surface area contributed by atoms with Crippen LogP contribution in [0.3, 0.4) is 0 Å². The minimum Gasteiger partial charge on any atom is -0.476 e. The third kappa shape index (κ3) is 4.95. The lowest BCUT2D eigenvalue weighted by atomic mass is 10.1. The first kappa shape index (κ1) is 19.6. The minimum absolute atomic E-state index is 0.159. The maximum Gasteiger partial charge on any atom is 0.270 e. The molecule has 0 aliphatic carbocycles. The number of amides is 1. The third-order valence-corrected chi connectivity index (χ3v) is 5.09. The van der Waals surface area contributed by atoms with Crippen LogP contribution in [-0.4, -0.2) is 20.6 Å². The molecule has 5 nitrogen and oxygen atoms in total. The predicted molar refractivity (Wildman–Crippen MR) is 104 cm³/mol. The first-order valence-electron chi connectivity index (χ1n) is 8.41. The van der Waals surface area contributed by atoms with Gasteiger partial charge >= 0.3 is 0 Å². The highest BCUT2D eigenvalue weighted by molar-refractivity contribution is 7.90. The van der Waals surface area contributed by atoms with Crippen molar-refractivity contribution in [3.63, 3.8) is 0 Å². The average molecular weight is 399 g/mol. The number of halogens is 1. The molecule has 0 spiro atoms. The lowest BCUT2D eigenvalue weighted by molar-refractivity contribution is -0.123. The molecule has 1 amide bonds. The Bertz CT molecular complexity index is 1050. The third-order valence-electron chi connectivity index (χ3n) is 3.96. The molecular formula is C21H18FNO4S. The Kier molecular flexibility index (Phi) is 5.75. The summed E-state index contributed by atoms with van der Waals surface area (Å²) in [5.41, 5.74) is 1.05. The molecule has 28 heavy (non-hydrogen) atoms. The van der Waals surface area contributed by atoms with Crippen molar-refractivity contribution >= 4 is 21.4 Å². The van der Waals surface area contributed by atoms with Crippen LogP contribution in [0.1, 0.15) is 11.7 Å². The Morgan fingerprint density at radius 1 is 0.929 bits per heavy atom. The molecule has 3 rings (SSSR count). The standard InChI is InChI=1S/C21H18FNO4S/c1-28(25,26)19-13-11-18(12-14-19)27-20(15-5-3-2-4-6-15)21(24)23-17-9-7-16(22)8-10-17/h2-14,20H,1H3,(H,23,24). The van der Waals surface area contributed by atoms with Crippen LogP contribution in [0.15, 0.2) is 83.8 Å². The number of rotatable bonds is 6. The molecule has 1 atom stereocenters. The van der Waals surface area contributed by atoms with Crippen molar-refractivity contribution in [2.24, 2.45) is 0 Å². The van der Waals surface area contributed by atoms with E-state index in [0.717, 1.165) is 6.26 Å². The molecule has 3 aromatic rings. The number of carbonyl (C=O) groups is 1. The number of nitrogens with one attached hydrogen (secondary N) is 1. The highest BCUT2D eigenvalue weighted by Gasteiger charge is 2.23. The topological polar surface area (TPSA) is 72.5 Å². The van der Waals surface area contributed by atoms with Gasteiger partial charge in [-0.1, -0.05) is 30.3 Å². The van der Waals surface area contributed by atoms with Crippen LogP contribution in [0.5, 0.6) is 5.75 Å². The fourth-order valence-electron chi connectivity index (χ4n) is 2.54. The van der Waals surface area contributed by atoms with Crippen LogP contribution in [0.4, 0.5) is 10.1 Å². The molecule has 0 saturated carbocycles. The Morgan fingerprint density at radius 3 is 2.11 bits per heavy atom. The smallest absolute Gasteiger partial charge is 0.270 e. The zero-order valence-electron chi connectivity index (χ0n) is 15.0. The van der Waals surface area contributed by atoms with E-state index in [2.05, 4.69) is 5.32 Å². The Morgan fingerprint density at radius 2 is 1.54 bits per heavy atom. The largest absolute Gasteiger partial charge is 0.476 e. The van der Waals surface area contributed by atoms with Gasteiger partial charge in [0, 0.05) is 17.5 Å². The van der Waals surface area contributed by atoms with Gasteiger partial charge in [0.25, 0.3) is 5.91 Å². The second-order valence-corrected chi connectivity index (χ2v) is 8.16. The zero-order valence-corrected chi connectivity index (χ0v) is 15.8. The molecule has 0 saturated heterocycles. The average Bonchev–Trinajstić information content (AvgIpc) is 2.68. The number of carbonyl (C=O) groups excluding carboxylic acids is 1. The fourth-order valence-corrected chi connectivity index (χ4v) is 3.17. The number of sulfone groups is 1. The monoisotopic (exact) mass is 399 g/mol. The molecule has 7 heteroatoms. The summed E-state index contributed by atoms with van der Waals surface area (Å²) in [5, 5.41) is 2.70. The van der Waals surface area contributed by atoms with Gasteiger partial charge in [-0.05, 0) is 48.5 Å². The first-order chi connectivity index (χ1) is 13.3. The first-order valence-corrected chi connectivity index (χ1v) is 10.3. The second-order valence-electron chi connectivity index (χ2n) is 6.15. The van der Waals surface area contributed by atoms with E-state index in [1.54, 1.807) is 24.3 Å². The van der Waals surface area contributed by atoms with E-state index in [0.29, 0.717) is 17.0 Å². The van der Waals surface area contributed by atoms with E-state index in [4.69, 9.17) is 4.74 Å². The summed E-state index contributed by atoms with van der Waals surface area (Å²) in [7, 11) is -3.33. The van der Waals surface area contributed by atoms with Crippen molar-refractivity contribution in [2.45, 2.75) is 11.0 Å². The van der Waals surface area contributed by atoms with Crippen LogP contribution < -0.4 is 10.1 Å². The lowest BCUT2D eigenvalue weighted by Crippen LogP contribution is -2.25. The van der Waals surface area contributed by atoms with E-state index in [1.807, 2.05) is 6.07 Å². The quantitative estimate of drug-likeness (QED) is 0.680. The fraction of sp³-hybridized carbons (Fsp3) is 0.0952. The number of hydrogen-bond donors (Lipinski definition) is 1. The highest BCUT2D eigenvalue weighted by Crippen LogP contribution is 2.25. The number of ether oxygens (including phenoxy) is 1. The van der Waals surface area contributed by atoms with Crippen molar-refractivity contribution in [2.75, 3.05) is 11.6 Å². The van der Waals surface area contributed by atoms with Gasteiger partial charge in [0.15, 0.2) is 9.84 Å². The van der Waals surface area contributed by atoms with Crippen LogP contribution in [0, 0.1) is 5.82 Å². The summed E-state index contributed by atoms with van der Waals surface area (Å²) in [5.74, 6) is -0.500. The number of anilines is 1. The van der Waals surface area contributed by atoms with E-state index in [1.165, 1.54) is 48.5 Å². The number of benzene rings is 3. The van der Waals surface area contributed by atoms with E-state index in [-0.39, 0.29) is 4.90 Å². The van der Waals surface area contributed by atoms with Gasteiger partial charge in [-0.2, -0.15) is 0 Å². The predicted octanol–water partition coefficient (Wildman–Crippen LogP) is 3.99. The molecule has 0 bridgehead atoms. The van der Waals surface area contributed by atoms with E-state index in [9.17, 15) is 17.6 Å². The van der Waals surface area contributed by atoms with Gasteiger partial charge in [-0.3, -0.25) is 4.79 Å². The molecule has 0 radical (unpaired) electrons. The van der Waals surface area contributed by atoms with E-state index >= 15 is 0 Å². The van der Waals surface area contributed by atoms with Gasteiger partial charge in [-0.25, -0.2) is 12.8 Å². The highest BCUT2D eigenvalue weighted by atomic mass is 32.2. The molecule has 0 aliphatic heterocycles. The van der Waals surface area contributed by atoms with Gasteiger partial charge in [-0.15, -0.1) is 0 Å². The molecule has 144 valence electrons. The minimum atomic E-state index is -3.33. The normalized spacial score (nSPS) is 12.2. The summed E-state index contributed by atoms with van der Waals surface area (Å²) in [6.07, 6.45) is 0.140. The SMILES string of the molecule is CS(=O)(=O)c1ccc(OC(C(=O)Nc2ccc(F)cc2)c2ccccc2)cc1. The maximum absolute atomic E-state index is 13.1. The summed E-state index contributed by atoms with van der Waals surface area (Å²) in [6.45, 7) is 0. The lowest BCUT2D eigenvalue weighted by Gasteiger charge is -2.19. The molecule has 1 N–H and O–H groups in total. The summed E-state index contributed by atoms with van der Waals surface area (Å²) in [6, 6.07) is 20.1. The Balaban J connectivity index is 1.85. The Hall–Kier alpha value is -3.19. The van der Waals surface area contributed by atoms with Gasteiger partial charge in [0.1, 0.15) is 11.6 Å². The maximum atomic E-state index is 13.1. The number of hydrogen-bond acceptors (Lipinski definition) is 4. The van der Waals surface area contributed by atoms with Crippen molar-refractivity contribution in [3.05, 3.63) is 90.2 Å². The molecule has 0 fully saturated rings. The van der Waals surface area contributed by atoms with Crippen molar-refractivity contribution in [1.29, 1.82) is 0 Å². The van der Waals surface area contributed by atoms with Gasteiger partial charge in [0.2, 0.25) is 6.10 Å². The Labute approximate surface area is 162 Å². The summed E-state index contributed by atoms with van der Waals surface area (Å²) in [4.78, 5) is 13.0.